The second-order valence-electron chi connectivity index (χ2n) is 4.52. The Morgan fingerprint density at radius 2 is 2.56 bits per heavy atom. The lowest BCUT2D eigenvalue weighted by atomic mass is 9.80. The lowest BCUT2D eigenvalue weighted by Crippen LogP contribution is -2.45. The Morgan fingerprint density at radius 1 is 1.81 bits per heavy atom. The summed E-state index contributed by atoms with van der Waals surface area (Å²) in [5, 5.41) is 7.68. The van der Waals surface area contributed by atoms with Crippen LogP contribution >= 0.6 is 0 Å². The van der Waals surface area contributed by atoms with Crippen LogP contribution in [0.15, 0.2) is 6.20 Å². The second-order valence-corrected chi connectivity index (χ2v) is 4.52. The van der Waals surface area contributed by atoms with Crippen molar-refractivity contribution >= 4 is 5.78 Å². The van der Waals surface area contributed by atoms with Crippen LogP contribution in [0.3, 0.4) is 0 Å². The Hall–Kier alpha value is -1.27. The summed E-state index contributed by atoms with van der Waals surface area (Å²) in [5.41, 5.74) is 5.97. The minimum absolute atomic E-state index is 0.0676. The van der Waals surface area contributed by atoms with E-state index in [2.05, 4.69) is 10.3 Å². The Bertz CT molecular complexity index is 403. The van der Waals surface area contributed by atoms with Crippen molar-refractivity contribution in [2.75, 3.05) is 13.2 Å². The predicted octanol–water partition coefficient (Wildman–Crippen LogP) is -0.709. The van der Waals surface area contributed by atoms with E-state index in [4.69, 9.17) is 10.5 Å². The van der Waals surface area contributed by atoms with Crippen molar-refractivity contribution < 1.29 is 9.53 Å². The van der Waals surface area contributed by atoms with E-state index in [1.54, 1.807) is 17.9 Å². The number of ether oxygens (including phenoxy) is 1. The minimum Gasteiger partial charge on any atom is -0.379 e. The lowest BCUT2D eigenvalue weighted by Gasteiger charge is -2.24. The van der Waals surface area contributed by atoms with Crippen LogP contribution in [0, 0.1) is 5.41 Å². The predicted molar refractivity (Wildman–Crippen MR) is 56.6 cm³/mol. The van der Waals surface area contributed by atoms with Gasteiger partial charge in [-0.2, -0.15) is 0 Å². The monoisotopic (exact) mass is 224 g/mol. The van der Waals surface area contributed by atoms with Crippen molar-refractivity contribution in [2.24, 2.45) is 18.2 Å². The SMILES string of the molecule is Cn1cc(CC(=O)C2(C)COCC2N)nn1. The number of aromatic nitrogens is 3. The number of carbonyl (C=O) groups excluding carboxylic acids is 1. The molecule has 6 heteroatoms. The molecule has 0 radical (unpaired) electrons. The number of carbonyl (C=O) groups is 1. The van der Waals surface area contributed by atoms with Crippen molar-refractivity contribution in [3.8, 4) is 0 Å². The quantitative estimate of drug-likeness (QED) is 0.733. The average Bonchev–Trinajstić information content (AvgIpc) is 2.76. The number of rotatable bonds is 3. The first kappa shape index (κ1) is 11.2. The standard InChI is InChI=1S/C10H16N4O2/c1-10(6-16-5-8(10)11)9(15)3-7-4-14(2)13-12-7/h4,8H,3,5-6,11H2,1-2H3. The third kappa shape index (κ3) is 1.85. The normalized spacial score (nSPS) is 29.6. The van der Waals surface area contributed by atoms with Crippen molar-refractivity contribution in [3.63, 3.8) is 0 Å². The van der Waals surface area contributed by atoms with Gasteiger partial charge in [-0.05, 0) is 6.92 Å². The number of ketones is 1. The zero-order valence-corrected chi connectivity index (χ0v) is 9.51. The highest BCUT2D eigenvalue weighted by Gasteiger charge is 2.43. The molecule has 1 aliphatic rings. The summed E-state index contributed by atoms with van der Waals surface area (Å²) >= 11 is 0. The number of nitrogens with zero attached hydrogens (tertiary/aromatic N) is 3. The summed E-state index contributed by atoms with van der Waals surface area (Å²) < 4.78 is 6.83. The summed E-state index contributed by atoms with van der Waals surface area (Å²) in [7, 11) is 1.77. The molecule has 0 aromatic carbocycles. The molecule has 2 rings (SSSR count). The third-order valence-electron chi connectivity index (χ3n) is 3.15. The average molecular weight is 224 g/mol. The van der Waals surface area contributed by atoms with Gasteiger partial charge >= 0.3 is 0 Å². The van der Waals surface area contributed by atoms with Gasteiger partial charge in [0.2, 0.25) is 0 Å². The number of Topliss-reactive ketones (excluding diaryl/α,β-unsaturated/α-hetero) is 1. The van der Waals surface area contributed by atoms with Crippen LogP contribution in [0.1, 0.15) is 12.6 Å². The molecule has 1 saturated heterocycles. The van der Waals surface area contributed by atoms with Crippen molar-refractivity contribution in [3.05, 3.63) is 11.9 Å². The van der Waals surface area contributed by atoms with Crippen LogP contribution in [-0.2, 0) is 23.0 Å². The highest BCUT2D eigenvalue weighted by Crippen LogP contribution is 2.29. The molecule has 2 unspecified atom stereocenters. The maximum Gasteiger partial charge on any atom is 0.148 e. The van der Waals surface area contributed by atoms with E-state index in [1.165, 1.54) is 0 Å². The Morgan fingerprint density at radius 3 is 3.06 bits per heavy atom. The molecule has 1 aromatic heterocycles. The van der Waals surface area contributed by atoms with Gasteiger partial charge in [-0.15, -0.1) is 5.10 Å². The van der Waals surface area contributed by atoms with Crippen LogP contribution in [0.4, 0.5) is 0 Å². The lowest BCUT2D eigenvalue weighted by molar-refractivity contribution is -0.127. The van der Waals surface area contributed by atoms with Crippen molar-refractivity contribution in [1.82, 2.24) is 15.0 Å². The first-order valence-corrected chi connectivity index (χ1v) is 5.24. The van der Waals surface area contributed by atoms with E-state index in [0.717, 1.165) is 0 Å². The first-order valence-electron chi connectivity index (χ1n) is 5.24. The van der Waals surface area contributed by atoms with E-state index in [9.17, 15) is 4.79 Å². The molecule has 88 valence electrons. The number of aryl methyl sites for hydroxylation is 1. The molecule has 0 saturated carbocycles. The minimum atomic E-state index is -0.586. The van der Waals surface area contributed by atoms with Crippen LogP contribution in [0.5, 0.6) is 0 Å². The van der Waals surface area contributed by atoms with Gasteiger partial charge in [0.05, 0.1) is 30.7 Å². The van der Waals surface area contributed by atoms with Gasteiger partial charge in [0.15, 0.2) is 0 Å². The molecule has 16 heavy (non-hydrogen) atoms. The smallest absolute Gasteiger partial charge is 0.148 e. The first-order chi connectivity index (χ1) is 7.52. The fraction of sp³-hybridized carbons (Fsp3) is 0.700. The van der Waals surface area contributed by atoms with Gasteiger partial charge in [-0.25, -0.2) is 0 Å². The molecule has 1 fully saturated rings. The van der Waals surface area contributed by atoms with Gasteiger partial charge < -0.3 is 10.5 Å². The molecule has 2 heterocycles. The fourth-order valence-electron chi connectivity index (χ4n) is 1.82. The summed E-state index contributed by atoms with van der Waals surface area (Å²) in [5.74, 6) is 0.0676. The zero-order chi connectivity index (χ0) is 11.8. The molecule has 0 bridgehead atoms. The van der Waals surface area contributed by atoms with E-state index >= 15 is 0 Å². The fourth-order valence-corrected chi connectivity index (χ4v) is 1.82. The third-order valence-corrected chi connectivity index (χ3v) is 3.15. The largest absolute Gasteiger partial charge is 0.379 e. The van der Waals surface area contributed by atoms with Gasteiger partial charge in [0, 0.05) is 19.3 Å². The van der Waals surface area contributed by atoms with Gasteiger partial charge in [0.1, 0.15) is 5.78 Å². The number of nitrogens with two attached hydrogens (primary N) is 1. The van der Waals surface area contributed by atoms with E-state index in [-0.39, 0.29) is 18.2 Å². The summed E-state index contributed by atoms with van der Waals surface area (Å²) in [6.07, 6.45) is 2.00. The van der Waals surface area contributed by atoms with E-state index < -0.39 is 5.41 Å². The molecule has 6 nitrogen and oxygen atoms in total. The molecular weight excluding hydrogens is 208 g/mol. The summed E-state index contributed by atoms with van der Waals surface area (Å²) in [6.45, 7) is 2.69. The molecule has 2 atom stereocenters. The second kappa shape index (κ2) is 3.95. The van der Waals surface area contributed by atoms with Gasteiger partial charge in [-0.3, -0.25) is 9.48 Å². The Labute approximate surface area is 93.8 Å². The van der Waals surface area contributed by atoms with Crippen LogP contribution in [0.2, 0.25) is 0 Å². The van der Waals surface area contributed by atoms with E-state index in [0.29, 0.717) is 18.9 Å². The summed E-state index contributed by atoms with van der Waals surface area (Å²) in [4.78, 5) is 12.1. The van der Waals surface area contributed by atoms with Crippen LogP contribution < -0.4 is 5.73 Å². The van der Waals surface area contributed by atoms with Gasteiger partial charge in [-0.1, -0.05) is 5.21 Å². The van der Waals surface area contributed by atoms with Gasteiger partial charge in [0.25, 0.3) is 0 Å². The molecule has 1 aromatic rings. The molecule has 1 aliphatic heterocycles. The molecule has 0 amide bonds. The molecule has 2 N–H and O–H groups in total. The molecule has 0 spiro atoms. The maximum atomic E-state index is 12.1. The molecular formula is C10H16N4O2. The zero-order valence-electron chi connectivity index (χ0n) is 9.51. The topological polar surface area (TPSA) is 83.0 Å². The Kier molecular flexibility index (Phi) is 2.77. The van der Waals surface area contributed by atoms with E-state index in [1.807, 2.05) is 6.92 Å². The highest BCUT2D eigenvalue weighted by molar-refractivity contribution is 5.87. The number of hydrogen-bond acceptors (Lipinski definition) is 5. The highest BCUT2D eigenvalue weighted by atomic mass is 16.5. The van der Waals surface area contributed by atoms with Crippen molar-refractivity contribution in [2.45, 2.75) is 19.4 Å². The Balaban J connectivity index is 2.08. The number of hydrogen-bond donors (Lipinski definition) is 1. The maximum absolute atomic E-state index is 12.1. The summed E-state index contributed by atoms with van der Waals surface area (Å²) in [6, 6.07) is -0.225. The van der Waals surface area contributed by atoms with Crippen molar-refractivity contribution in [1.29, 1.82) is 0 Å². The van der Waals surface area contributed by atoms with Crippen LogP contribution in [-0.4, -0.2) is 40.0 Å². The molecule has 0 aliphatic carbocycles. The van der Waals surface area contributed by atoms with Crippen LogP contribution in [0.25, 0.3) is 0 Å².